The third kappa shape index (κ3) is 1.76. The molecule has 0 bridgehead atoms. The lowest BCUT2D eigenvalue weighted by atomic mass is 9.87. The summed E-state index contributed by atoms with van der Waals surface area (Å²) < 4.78 is 5.24. The Labute approximate surface area is 91.0 Å². The molecular weight excluding hydrogens is 192 g/mol. The molecule has 1 saturated heterocycles. The molecule has 2 aliphatic rings. The number of methoxy groups -OCH3 is 1. The summed E-state index contributed by atoms with van der Waals surface area (Å²) in [6, 6.07) is 0.420. The van der Waals surface area contributed by atoms with Crippen LogP contribution in [0.5, 0.6) is 0 Å². The van der Waals surface area contributed by atoms with E-state index in [-0.39, 0.29) is 18.1 Å². The molecule has 1 aliphatic carbocycles. The number of nitrogens with zero attached hydrogens (tertiary/aromatic N) is 1. The van der Waals surface area contributed by atoms with E-state index >= 15 is 0 Å². The Morgan fingerprint density at radius 2 is 2.20 bits per heavy atom. The fourth-order valence-corrected chi connectivity index (χ4v) is 2.56. The van der Waals surface area contributed by atoms with Crippen molar-refractivity contribution in [3.63, 3.8) is 0 Å². The molecule has 15 heavy (non-hydrogen) atoms. The molecule has 1 amide bonds. The summed E-state index contributed by atoms with van der Waals surface area (Å²) in [4.78, 5) is 14.0. The summed E-state index contributed by atoms with van der Waals surface area (Å²) in [7, 11) is 1.74. The Morgan fingerprint density at radius 1 is 1.53 bits per heavy atom. The highest BCUT2D eigenvalue weighted by molar-refractivity contribution is 5.84. The molecule has 0 radical (unpaired) electrons. The summed E-state index contributed by atoms with van der Waals surface area (Å²) in [6.45, 7) is 4.11. The van der Waals surface area contributed by atoms with Gasteiger partial charge < -0.3 is 9.64 Å². The maximum absolute atomic E-state index is 12.0. The first-order valence-electron chi connectivity index (χ1n) is 5.78. The molecule has 1 aliphatic heterocycles. The molecule has 0 aromatic carbocycles. The van der Waals surface area contributed by atoms with Crippen molar-refractivity contribution in [2.45, 2.75) is 57.5 Å². The molecule has 4 heteroatoms. The number of hydrogen-bond donors (Lipinski definition) is 1. The van der Waals surface area contributed by atoms with Crippen LogP contribution in [0.2, 0.25) is 0 Å². The lowest BCUT2D eigenvalue weighted by Crippen LogP contribution is -2.52. The molecule has 4 nitrogen and oxygen atoms in total. The Bertz CT molecular complexity index is 251. The summed E-state index contributed by atoms with van der Waals surface area (Å²) >= 11 is 0. The minimum atomic E-state index is 0.0293. The molecule has 2 unspecified atom stereocenters. The zero-order valence-electron chi connectivity index (χ0n) is 9.69. The minimum absolute atomic E-state index is 0.0293. The predicted octanol–water partition coefficient (Wildman–Crippen LogP) is 0.720. The third-order valence-corrected chi connectivity index (χ3v) is 3.62. The van der Waals surface area contributed by atoms with Crippen LogP contribution in [-0.2, 0) is 9.53 Å². The van der Waals surface area contributed by atoms with Crippen molar-refractivity contribution >= 4 is 5.91 Å². The number of rotatable bonds is 3. The van der Waals surface area contributed by atoms with E-state index in [0.717, 1.165) is 19.3 Å². The molecule has 2 rings (SSSR count). The van der Waals surface area contributed by atoms with Gasteiger partial charge >= 0.3 is 0 Å². The van der Waals surface area contributed by atoms with Crippen LogP contribution in [0.25, 0.3) is 0 Å². The Hall–Kier alpha value is -0.610. The van der Waals surface area contributed by atoms with Gasteiger partial charge in [-0.05, 0) is 26.2 Å². The van der Waals surface area contributed by atoms with E-state index in [1.165, 1.54) is 0 Å². The van der Waals surface area contributed by atoms with Gasteiger partial charge in [-0.3, -0.25) is 10.1 Å². The predicted molar refractivity (Wildman–Crippen MR) is 57.3 cm³/mol. The van der Waals surface area contributed by atoms with Crippen molar-refractivity contribution in [1.29, 1.82) is 0 Å². The summed E-state index contributed by atoms with van der Waals surface area (Å²) in [5, 5.41) is 3.32. The van der Waals surface area contributed by atoms with Crippen LogP contribution in [0.15, 0.2) is 0 Å². The van der Waals surface area contributed by atoms with Gasteiger partial charge in [0.15, 0.2) is 0 Å². The van der Waals surface area contributed by atoms with Crippen molar-refractivity contribution in [1.82, 2.24) is 10.2 Å². The van der Waals surface area contributed by atoms with Gasteiger partial charge in [0.2, 0.25) is 5.91 Å². The molecular formula is C11H20N2O2. The largest absolute Gasteiger partial charge is 0.381 e. The molecule has 0 spiro atoms. The van der Waals surface area contributed by atoms with Gasteiger partial charge in [0.1, 0.15) is 0 Å². The zero-order chi connectivity index (χ0) is 11.0. The van der Waals surface area contributed by atoms with Gasteiger partial charge in [-0.25, -0.2) is 0 Å². The van der Waals surface area contributed by atoms with Crippen LogP contribution in [0.3, 0.4) is 0 Å². The van der Waals surface area contributed by atoms with Crippen LogP contribution >= 0.6 is 0 Å². The van der Waals surface area contributed by atoms with Gasteiger partial charge in [0.25, 0.3) is 0 Å². The summed E-state index contributed by atoms with van der Waals surface area (Å²) in [5.74, 6) is 0.268. The number of amides is 1. The molecule has 0 aromatic heterocycles. The van der Waals surface area contributed by atoms with Gasteiger partial charge in [0, 0.05) is 13.2 Å². The topological polar surface area (TPSA) is 41.6 Å². The molecule has 2 fully saturated rings. The molecule has 2 atom stereocenters. The van der Waals surface area contributed by atoms with E-state index in [1.807, 2.05) is 11.8 Å². The zero-order valence-corrected chi connectivity index (χ0v) is 9.69. The van der Waals surface area contributed by atoms with Crippen LogP contribution in [0, 0.1) is 0 Å². The number of carbonyl (C=O) groups excluding carboxylic acids is 1. The summed E-state index contributed by atoms with van der Waals surface area (Å²) in [5.41, 5.74) is 0. The van der Waals surface area contributed by atoms with Crippen LogP contribution < -0.4 is 5.32 Å². The molecule has 1 saturated carbocycles. The van der Waals surface area contributed by atoms with Crippen LogP contribution in [0.1, 0.15) is 33.1 Å². The average molecular weight is 212 g/mol. The van der Waals surface area contributed by atoms with E-state index in [0.29, 0.717) is 12.1 Å². The average Bonchev–Trinajstić information content (AvgIpc) is 2.43. The van der Waals surface area contributed by atoms with Crippen molar-refractivity contribution in [3.05, 3.63) is 0 Å². The van der Waals surface area contributed by atoms with Crippen molar-refractivity contribution in [2.24, 2.45) is 0 Å². The lowest BCUT2D eigenvalue weighted by Gasteiger charge is -2.41. The van der Waals surface area contributed by atoms with E-state index < -0.39 is 0 Å². The number of nitrogens with one attached hydrogen (secondary N) is 1. The maximum Gasteiger partial charge on any atom is 0.241 e. The quantitative estimate of drug-likeness (QED) is 0.749. The highest BCUT2D eigenvalue weighted by Crippen LogP contribution is 2.31. The maximum atomic E-state index is 12.0. The lowest BCUT2D eigenvalue weighted by molar-refractivity contribution is -0.137. The Morgan fingerprint density at radius 3 is 2.67 bits per heavy atom. The highest BCUT2D eigenvalue weighted by atomic mass is 16.5. The van der Waals surface area contributed by atoms with E-state index in [9.17, 15) is 4.79 Å². The SMILES string of the molecule is CCC1NC(C)N(C2CC(OC)C2)C1=O. The van der Waals surface area contributed by atoms with Gasteiger partial charge in [-0.15, -0.1) is 0 Å². The van der Waals surface area contributed by atoms with E-state index in [2.05, 4.69) is 12.2 Å². The smallest absolute Gasteiger partial charge is 0.241 e. The van der Waals surface area contributed by atoms with Crippen LogP contribution in [-0.4, -0.2) is 42.3 Å². The number of carbonyl (C=O) groups is 1. The first-order valence-corrected chi connectivity index (χ1v) is 5.78. The van der Waals surface area contributed by atoms with Crippen molar-refractivity contribution in [2.75, 3.05) is 7.11 Å². The van der Waals surface area contributed by atoms with E-state index in [1.54, 1.807) is 7.11 Å². The second-order valence-electron chi connectivity index (χ2n) is 4.53. The summed E-state index contributed by atoms with van der Waals surface area (Å²) in [6.07, 6.45) is 3.40. The van der Waals surface area contributed by atoms with Crippen molar-refractivity contribution < 1.29 is 9.53 Å². The Kier molecular flexibility index (Phi) is 2.98. The van der Waals surface area contributed by atoms with Crippen molar-refractivity contribution in [3.8, 4) is 0 Å². The standard InChI is InChI=1S/C11H20N2O2/c1-4-10-11(14)13(7(2)12-10)8-5-9(6-8)15-3/h7-10,12H,4-6H2,1-3H3. The monoisotopic (exact) mass is 212 g/mol. The number of hydrogen-bond acceptors (Lipinski definition) is 3. The second kappa shape index (κ2) is 4.10. The first-order chi connectivity index (χ1) is 7.17. The third-order valence-electron chi connectivity index (χ3n) is 3.62. The fourth-order valence-electron chi connectivity index (χ4n) is 2.56. The van der Waals surface area contributed by atoms with Crippen LogP contribution in [0.4, 0.5) is 0 Å². The fraction of sp³-hybridized carbons (Fsp3) is 0.909. The normalized spacial score (nSPS) is 40.7. The number of ether oxygens (including phenoxy) is 1. The van der Waals surface area contributed by atoms with Gasteiger partial charge in [-0.1, -0.05) is 6.92 Å². The molecule has 0 aromatic rings. The first kappa shape index (κ1) is 10.9. The van der Waals surface area contributed by atoms with Gasteiger partial charge in [-0.2, -0.15) is 0 Å². The Balaban J connectivity index is 1.95. The minimum Gasteiger partial charge on any atom is -0.381 e. The highest BCUT2D eigenvalue weighted by Gasteiger charge is 2.44. The van der Waals surface area contributed by atoms with E-state index in [4.69, 9.17) is 4.74 Å². The second-order valence-corrected chi connectivity index (χ2v) is 4.53. The van der Waals surface area contributed by atoms with Gasteiger partial charge in [0.05, 0.1) is 18.3 Å². The molecule has 1 heterocycles. The molecule has 86 valence electrons. The molecule has 1 N–H and O–H groups in total.